The van der Waals surface area contributed by atoms with Crippen molar-refractivity contribution in [2.75, 3.05) is 5.32 Å². The zero-order valence-corrected chi connectivity index (χ0v) is 17.3. The van der Waals surface area contributed by atoms with E-state index in [4.69, 9.17) is 4.74 Å². The number of aromatic nitrogens is 5. The van der Waals surface area contributed by atoms with E-state index in [9.17, 15) is 14.3 Å². The molecular weight excluding hydrogens is 427 g/mol. The van der Waals surface area contributed by atoms with Gasteiger partial charge in [-0.3, -0.25) is 0 Å². The Morgan fingerprint density at radius 2 is 1.97 bits per heavy atom. The quantitative estimate of drug-likeness (QED) is 0.397. The number of rotatable bonds is 6. The van der Waals surface area contributed by atoms with Gasteiger partial charge < -0.3 is 19.7 Å². The SMILES string of the molecule is Cn1cnc(-c2cc(Oc3ccc(Nc4ncccc4C(=O)O)cc3F)c3ccnn3c2)c1. The predicted molar refractivity (Wildman–Crippen MR) is 118 cm³/mol. The Balaban J connectivity index is 1.46. The number of aryl methyl sites for hydroxylation is 1. The molecule has 4 heterocycles. The van der Waals surface area contributed by atoms with Crippen molar-refractivity contribution in [2.45, 2.75) is 0 Å². The Kier molecular flexibility index (Phi) is 4.94. The molecule has 2 N–H and O–H groups in total. The summed E-state index contributed by atoms with van der Waals surface area (Å²) < 4.78 is 24.3. The van der Waals surface area contributed by atoms with E-state index in [1.807, 2.05) is 24.0 Å². The first-order valence-electron chi connectivity index (χ1n) is 9.86. The lowest BCUT2D eigenvalue weighted by atomic mass is 10.2. The van der Waals surface area contributed by atoms with E-state index in [0.29, 0.717) is 17.0 Å². The third-order valence-corrected chi connectivity index (χ3v) is 4.92. The van der Waals surface area contributed by atoms with Gasteiger partial charge in [0.05, 0.1) is 18.2 Å². The number of carboxylic acids is 1. The fourth-order valence-corrected chi connectivity index (χ4v) is 3.37. The van der Waals surface area contributed by atoms with Gasteiger partial charge in [-0.2, -0.15) is 5.10 Å². The zero-order valence-electron chi connectivity index (χ0n) is 17.3. The number of carboxylic acid groups (broad SMARTS) is 1. The molecule has 9 nitrogen and oxygen atoms in total. The maximum Gasteiger partial charge on any atom is 0.339 e. The number of nitrogens with zero attached hydrogens (tertiary/aromatic N) is 5. The molecule has 0 aliphatic heterocycles. The van der Waals surface area contributed by atoms with Crippen LogP contribution in [0.5, 0.6) is 11.5 Å². The van der Waals surface area contributed by atoms with Gasteiger partial charge in [0.1, 0.15) is 16.9 Å². The summed E-state index contributed by atoms with van der Waals surface area (Å²) in [7, 11) is 1.87. The second kappa shape index (κ2) is 8.08. The van der Waals surface area contributed by atoms with E-state index in [-0.39, 0.29) is 17.1 Å². The van der Waals surface area contributed by atoms with Crippen LogP contribution in [0.1, 0.15) is 10.4 Å². The molecule has 1 aromatic carbocycles. The van der Waals surface area contributed by atoms with E-state index in [1.165, 1.54) is 30.5 Å². The Bertz CT molecular complexity index is 1490. The summed E-state index contributed by atoms with van der Waals surface area (Å²) in [6.45, 7) is 0. The largest absolute Gasteiger partial charge is 0.478 e. The summed E-state index contributed by atoms with van der Waals surface area (Å²) in [6.07, 6.45) is 8.44. The van der Waals surface area contributed by atoms with Crippen LogP contribution in [0.25, 0.3) is 16.8 Å². The van der Waals surface area contributed by atoms with Crippen LogP contribution in [0, 0.1) is 5.82 Å². The molecule has 33 heavy (non-hydrogen) atoms. The summed E-state index contributed by atoms with van der Waals surface area (Å²) in [5.74, 6) is -1.24. The number of fused-ring (bicyclic) bond motifs is 1. The van der Waals surface area contributed by atoms with Crippen molar-refractivity contribution in [3.05, 3.63) is 85.0 Å². The first kappa shape index (κ1) is 20.2. The van der Waals surface area contributed by atoms with Crippen molar-refractivity contribution in [3.63, 3.8) is 0 Å². The number of ether oxygens (including phenoxy) is 1. The first-order valence-corrected chi connectivity index (χ1v) is 9.86. The Labute approximate surface area is 186 Å². The number of benzene rings is 1. The summed E-state index contributed by atoms with van der Waals surface area (Å²) in [4.78, 5) is 19.7. The highest BCUT2D eigenvalue weighted by molar-refractivity contribution is 5.93. The van der Waals surface area contributed by atoms with Gasteiger partial charge in [-0.05, 0) is 36.4 Å². The van der Waals surface area contributed by atoms with E-state index < -0.39 is 11.8 Å². The van der Waals surface area contributed by atoms with Crippen molar-refractivity contribution in [3.8, 4) is 22.8 Å². The van der Waals surface area contributed by atoms with Crippen molar-refractivity contribution in [1.82, 2.24) is 24.1 Å². The minimum atomic E-state index is -1.14. The van der Waals surface area contributed by atoms with Crippen LogP contribution < -0.4 is 10.1 Å². The fourth-order valence-electron chi connectivity index (χ4n) is 3.37. The summed E-state index contributed by atoms with van der Waals surface area (Å²) in [6, 6.07) is 10.7. The average Bonchev–Trinajstić information content (AvgIpc) is 3.45. The van der Waals surface area contributed by atoms with Crippen LogP contribution in [0.2, 0.25) is 0 Å². The van der Waals surface area contributed by atoms with Gasteiger partial charge in [0.2, 0.25) is 0 Å². The van der Waals surface area contributed by atoms with Gasteiger partial charge in [-0.1, -0.05) is 0 Å². The van der Waals surface area contributed by atoms with Gasteiger partial charge in [0, 0.05) is 43.0 Å². The minimum Gasteiger partial charge on any atom is -0.478 e. The third-order valence-electron chi connectivity index (χ3n) is 4.92. The smallest absolute Gasteiger partial charge is 0.339 e. The molecule has 5 rings (SSSR count). The molecular formula is C23H17FN6O3. The van der Waals surface area contributed by atoms with Crippen molar-refractivity contribution in [2.24, 2.45) is 7.05 Å². The highest BCUT2D eigenvalue weighted by Gasteiger charge is 2.15. The molecule has 5 aromatic rings. The maximum atomic E-state index is 14.9. The third kappa shape index (κ3) is 3.97. The number of aromatic carboxylic acids is 1. The molecule has 0 aliphatic carbocycles. The van der Waals surface area contributed by atoms with Crippen LogP contribution in [0.4, 0.5) is 15.9 Å². The first-order chi connectivity index (χ1) is 16.0. The molecule has 0 aliphatic rings. The topological polar surface area (TPSA) is 107 Å². The van der Waals surface area contributed by atoms with Crippen LogP contribution in [0.3, 0.4) is 0 Å². The number of hydrogen-bond donors (Lipinski definition) is 2. The van der Waals surface area contributed by atoms with Gasteiger partial charge in [0.15, 0.2) is 17.3 Å². The van der Waals surface area contributed by atoms with Gasteiger partial charge in [0.25, 0.3) is 0 Å². The van der Waals surface area contributed by atoms with Crippen LogP contribution >= 0.6 is 0 Å². The molecule has 0 radical (unpaired) electrons. The molecule has 164 valence electrons. The molecule has 0 fully saturated rings. The monoisotopic (exact) mass is 444 g/mol. The van der Waals surface area contributed by atoms with E-state index >= 15 is 0 Å². The van der Waals surface area contributed by atoms with Crippen LogP contribution in [-0.2, 0) is 7.05 Å². The Morgan fingerprint density at radius 3 is 2.73 bits per heavy atom. The maximum absolute atomic E-state index is 14.9. The number of pyridine rings is 2. The van der Waals surface area contributed by atoms with Crippen LogP contribution in [0.15, 0.2) is 73.6 Å². The van der Waals surface area contributed by atoms with Crippen molar-refractivity contribution < 1.29 is 19.0 Å². The second-order valence-electron chi connectivity index (χ2n) is 7.26. The van der Waals surface area contributed by atoms with E-state index in [2.05, 4.69) is 20.4 Å². The number of anilines is 2. The van der Waals surface area contributed by atoms with Gasteiger partial charge >= 0.3 is 5.97 Å². The molecule has 10 heteroatoms. The molecule has 0 amide bonds. The normalized spacial score (nSPS) is 11.0. The molecule has 0 spiro atoms. The number of imidazole rings is 1. The Hall–Kier alpha value is -4.73. The number of halogens is 1. The van der Waals surface area contributed by atoms with Crippen LogP contribution in [-0.4, -0.2) is 35.2 Å². The van der Waals surface area contributed by atoms with Gasteiger partial charge in [-0.25, -0.2) is 23.7 Å². The Morgan fingerprint density at radius 1 is 1.09 bits per heavy atom. The summed E-state index contributed by atoms with van der Waals surface area (Å²) in [5, 5.41) is 16.4. The highest BCUT2D eigenvalue weighted by atomic mass is 19.1. The van der Waals surface area contributed by atoms with E-state index in [0.717, 1.165) is 11.3 Å². The lowest BCUT2D eigenvalue weighted by Crippen LogP contribution is -2.04. The fraction of sp³-hybridized carbons (Fsp3) is 0.0435. The van der Waals surface area contributed by atoms with Crippen molar-refractivity contribution >= 4 is 23.0 Å². The standard InChI is InChI=1S/C23H17FN6O3/c1-29-12-18(26-13-29)14-9-21(19-6-8-27-30(19)11-14)33-20-5-4-15(10-17(20)24)28-22-16(23(31)32)3-2-7-25-22/h2-13H,1H3,(H,25,28)(H,31,32). The lowest BCUT2D eigenvalue weighted by Gasteiger charge is -2.12. The molecule has 0 atom stereocenters. The molecule has 0 unspecified atom stereocenters. The number of hydrogen-bond acceptors (Lipinski definition) is 6. The number of carbonyl (C=O) groups is 1. The van der Waals surface area contributed by atoms with Gasteiger partial charge in [-0.15, -0.1) is 0 Å². The predicted octanol–water partition coefficient (Wildman–Crippen LogP) is 4.50. The molecule has 0 saturated heterocycles. The average molecular weight is 444 g/mol. The molecule has 0 bridgehead atoms. The highest BCUT2D eigenvalue weighted by Crippen LogP contribution is 2.33. The molecule has 0 saturated carbocycles. The summed E-state index contributed by atoms with van der Waals surface area (Å²) in [5.41, 5.74) is 2.46. The minimum absolute atomic E-state index is 0.00120. The molecule has 4 aromatic heterocycles. The summed E-state index contributed by atoms with van der Waals surface area (Å²) >= 11 is 0. The van der Waals surface area contributed by atoms with E-state index in [1.54, 1.807) is 35.2 Å². The number of nitrogens with one attached hydrogen (secondary N) is 1. The van der Waals surface area contributed by atoms with Crippen molar-refractivity contribution in [1.29, 1.82) is 0 Å². The lowest BCUT2D eigenvalue weighted by molar-refractivity contribution is 0.0697. The second-order valence-corrected chi connectivity index (χ2v) is 7.26. The zero-order chi connectivity index (χ0) is 22.9.